The first-order chi connectivity index (χ1) is 12.9. The molecule has 2 atom stereocenters. The second-order valence-corrected chi connectivity index (χ2v) is 7.32. The second kappa shape index (κ2) is 8.19. The molecule has 8 heteroatoms. The lowest BCUT2D eigenvalue weighted by molar-refractivity contribution is 0.0952. The van der Waals surface area contributed by atoms with Crippen molar-refractivity contribution in [3.05, 3.63) is 46.1 Å². The summed E-state index contributed by atoms with van der Waals surface area (Å²) in [6.07, 6.45) is 2.67. The van der Waals surface area contributed by atoms with E-state index in [1.807, 2.05) is 26.0 Å². The molecule has 7 nitrogen and oxygen atoms in total. The summed E-state index contributed by atoms with van der Waals surface area (Å²) >= 11 is 5.92. The van der Waals surface area contributed by atoms with Crippen molar-refractivity contribution in [2.45, 2.75) is 39.3 Å². The number of halogens is 1. The van der Waals surface area contributed by atoms with Crippen molar-refractivity contribution in [2.24, 2.45) is 0 Å². The fourth-order valence-electron chi connectivity index (χ4n) is 3.31. The summed E-state index contributed by atoms with van der Waals surface area (Å²) in [6, 6.07) is 4.24. The monoisotopic (exact) mass is 388 g/mol. The van der Waals surface area contributed by atoms with Crippen LogP contribution in [-0.4, -0.2) is 47.0 Å². The summed E-state index contributed by atoms with van der Waals surface area (Å²) in [5.41, 5.74) is 2.80. The minimum atomic E-state index is -0.268. The molecule has 1 saturated heterocycles. The standard InChI is InChI=1S/C19H25ClN6O/c1-11-12(2)24-17(19(27)21-4)25-18(11)26-8-7-15(10-26)23-13(3)16-6-5-14(20)9-22-16/h5-6,9,13,15,23H,7-8,10H2,1-4H3,(H,21,27)/t13?,15-/m1/s1. The fourth-order valence-corrected chi connectivity index (χ4v) is 3.42. The van der Waals surface area contributed by atoms with Gasteiger partial charge in [-0.2, -0.15) is 0 Å². The zero-order valence-electron chi connectivity index (χ0n) is 16.1. The minimum absolute atomic E-state index is 0.127. The molecule has 1 aliphatic rings. The predicted molar refractivity (Wildman–Crippen MR) is 106 cm³/mol. The summed E-state index contributed by atoms with van der Waals surface area (Å²) in [5, 5.41) is 6.86. The number of aryl methyl sites for hydroxylation is 1. The Bertz CT molecular complexity index is 826. The van der Waals surface area contributed by atoms with Gasteiger partial charge in [-0.05, 0) is 39.3 Å². The maximum atomic E-state index is 12.0. The molecule has 0 aliphatic carbocycles. The van der Waals surface area contributed by atoms with Gasteiger partial charge in [-0.3, -0.25) is 9.78 Å². The van der Waals surface area contributed by atoms with Crippen LogP contribution in [0.15, 0.2) is 18.3 Å². The lowest BCUT2D eigenvalue weighted by atomic mass is 10.1. The van der Waals surface area contributed by atoms with Gasteiger partial charge >= 0.3 is 0 Å². The largest absolute Gasteiger partial charge is 0.355 e. The Labute approximate surface area is 164 Å². The van der Waals surface area contributed by atoms with Gasteiger partial charge in [-0.1, -0.05) is 11.6 Å². The molecule has 144 valence electrons. The first-order valence-electron chi connectivity index (χ1n) is 9.08. The molecule has 2 aromatic heterocycles. The first-order valence-corrected chi connectivity index (χ1v) is 9.46. The number of anilines is 1. The quantitative estimate of drug-likeness (QED) is 0.818. The summed E-state index contributed by atoms with van der Waals surface area (Å²) in [4.78, 5) is 27.4. The van der Waals surface area contributed by atoms with Crippen LogP contribution >= 0.6 is 11.6 Å². The molecule has 0 radical (unpaired) electrons. The molecule has 0 aromatic carbocycles. The van der Waals surface area contributed by atoms with Gasteiger partial charge in [0.15, 0.2) is 0 Å². The van der Waals surface area contributed by atoms with E-state index in [1.54, 1.807) is 13.2 Å². The molecule has 1 unspecified atom stereocenters. The van der Waals surface area contributed by atoms with E-state index in [1.165, 1.54) is 0 Å². The van der Waals surface area contributed by atoms with E-state index in [9.17, 15) is 4.79 Å². The van der Waals surface area contributed by atoms with Gasteiger partial charge in [0.2, 0.25) is 5.82 Å². The highest BCUT2D eigenvalue weighted by atomic mass is 35.5. The van der Waals surface area contributed by atoms with Crippen LogP contribution in [0, 0.1) is 13.8 Å². The summed E-state index contributed by atoms with van der Waals surface area (Å²) in [5.74, 6) is 0.782. The van der Waals surface area contributed by atoms with Crippen LogP contribution < -0.4 is 15.5 Å². The number of rotatable bonds is 5. The van der Waals surface area contributed by atoms with Gasteiger partial charge < -0.3 is 15.5 Å². The number of hydrogen-bond donors (Lipinski definition) is 2. The van der Waals surface area contributed by atoms with Crippen LogP contribution in [0.1, 0.15) is 47.0 Å². The molecule has 0 saturated carbocycles. The Balaban J connectivity index is 1.71. The number of amides is 1. The third-order valence-corrected chi connectivity index (χ3v) is 5.18. The summed E-state index contributed by atoms with van der Waals surface area (Å²) in [7, 11) is 1.59. The lowest BCUT2D eigenvalue weighted by Gasteiger charge is -2.23. The lowest BCUT2D eigenvalue weighted by Crippen LogP contribution is -2.35. The third kappa shape index (κ3) is 4.36. The van der Waals surface area contributed by atoms with Crippen LogP contribution in [0.4, 0.5) is 5.82 Å². The Morgan fingerprint density at radius 1 is 1.33 bits per heavy atom. The molecular weight excluding hydrogens is 364 g/mol. The van der Waals surface area contributed by atoms with Crippen LogP contribution in [0.25, 0.3) is 0 Å². The smallest absolute Gasteiger partial charge is 0.288 e. The Morgan fingerprint density at radius 2 is 2.11 bits per heavy atom. The minimum Gasteiger partial charge on any atom is -0.355 e. The molecule has 2 aromatic rings. The highest BCUT2D eigenvalue weighted by Crippen LogP contribution is 2.25. The number of pyridine rings is 1. The van der Waals surface area contributed by atoms with E-state index in [2.05, 4.69) is 37.4 Å². The first kappa shape index (κ1) is 19.5. The number of aromatic nitrogens is 3. The van der Waals surface area contributed by atoms with E-state index in [0.717, 1.165) is 42.3 Å². The average Bonchev–Trinajstić information content (AvgIpc) is 3.11. The van der Waals surface area contributed by atoms with Gasteiger partial charge in [-0.15, -0.1) is 0 Å². The van der Waals surface area contributed by atoms with Crippen LogP contribution in [-0.2, 0) is 0 Å². The number of nitrogens with one attached hydrogen (secondary N) is 2. The highest BCUT2D eigenvalue weighted by Gasteiger charge is 2.27. The number of nitrogens with zero attached hydrogens (tertiary/aromatic N) is 4. The molecule has 0 spiro atoms. The number of hydrogen-bond acceptors (Lipinski definition) is 6. The van der Waals surface area contributed by atoms with Gasteiger partial charge in [-0.25, -0.2) is 9.97 Å². The molecule has 3 rings (SSSR count). The van der Waals surface area contributed by atoms with Crippen LogP contribution in [0.5, 0.6) is 0 Å². The normalized spacial score (nSPS) is 17.8. The zero-order chi connectivity index (χ0) is 19.6. The predicted octanol–water partition coefficient (Wildman–Crippen LogP) is 2.43. The van der Waals surface area contributed by atoms with E-state index >= 15 is 0 Å². The zero-order valence-corrected chi connectivity index (χ0v) is 16.8. The Hall–Kier alpha value is -2.25. The molecule has 1 aliphatic heterocycles. The molecule has 1 amide bonds. The van der Waals surface area contributed by atoms with Crippen molar-refractivity contribution in [3.63, 3.8) is 0 Å². The van der Waals surface area contributed by atoms with Gasteiger partial charge in [0, 0.05) is 49.7 Å². The van der Waals surface area contributed by atoms with Crippen molar-refractivity contribution in [1.82, 2.24) is 25.6 Å². The summed E-state index contributed by atoms with van der Waals surface area (Å²) < 4.78 is 0. The third-order valence-electron chi connectivity index (χ3n) is 4.96. The van der Waals surface area contributed by atoms with Crippen molar-refractivity contribution in [1.29, 1.82) is 0 Å². The number of carbonyl (C=O) groups excluding carboxylic acids is 1. The fraction of sp³-hybridized carbons (Fsp3) is 0.474. The molecule has 0 bridgehead atoms. The molecule has 3 heterocycles. The van der Waals surface area contributed by atoms with Crippen molar-refractivity contribution in [2.75, 3.05) is 25.0 Å². The van der Waals surface area contributed by atoms with Gasteiger partial charge in [0.1, 0.15) is 5.82 Å². The second-order valence-electron chi connectivity index (χ2n) is 6.88. The highest BCUT2D eigenvalue weighted by molar-refractivity contribution is 6.30. The van der Waals surface area contributed by atoms with Crippen molar-refractivity contribution >= 4 is 23.3 Å². The Morgan fingerprint density at radius 3 is 2.78 bits per heavy atom. The SMILES string of the molecule is CNC(=O)c1nc(C)c(C)c(N2CC[C@@H](NC(C)c3ccc(Cl)cn3)C2)n1. The molecule has 2 N–H and O–H groups in total. The molecule has 1 fully saturated rings. The van der Waals surface area contributed by atoms with Gasteiger partial charge in [0.05, 0.1) is 10.7 Å². The summed E-state index contributed by atoms with van der Waals surface area (Å²) in [6.45, 7) is 7.71. The van der Waals surface area contributed by atoms with E-state index in [-0.39, 0.29) is 17.8 Å². The van der Waals surface area contributed by atoms with Crippen molar-refractivity contribution in [3.8, 4) is 0 Å². The molecule has 27 heavy (non-hydrogen) atoms. The van der Waals surface area contributed by atoms with E-state index < -0.39 is 0 Å². The van der Waals surface area contributed by atoms with Gasteiger partial charge in [0.25, 0.3) is 5.91 Å². The van der Waals surface area contributed by atoms with E-state index in [4.69, 9.17) is 11.6 Å². The average molecular weight is 389 g/mol. The van der Waals surface area contributed by atoms with Crippen LogP contribution in [0.3, 0.4) is 0 Å². The maximum Gasteiger partial charge on any atom is 0.288 e. The van der Waals surface area contributed by atoms with Crippen molar-refractivity contribution < 1.29 is 4.79 Å². The molecular formula is C19H25ClN6O. The topological polar surface area (TPSA) is 83.0 Å². The number of carbonyl (C=O) groups is 1. The maximum absolute atomic E-state index is 12.0. The van der Waals surface area contributed by atoms with E-state index in [0.29, 0.717) is 11.1 Å². The Kier molecular flexibility index (Phi) is 5.92. The van der Waals surface area contributed by atoms with Crippen LogP contribution in [0.2, 0.25) is 5.02 Å².